The molecule has 86 valence electrons. The Morgan fingerprint density at radius 2 is 1.67 bits per heavy atom. The zero-order valence-electron chi connectivity index (χ0n) is 9.04. The van der Waals surface area contributed by atoms with Crippen LogP contribution in [0.4, 0.5) is 0 Å². The molecular weight excluding hydrogens is 198 g/mol. The van der Waals surface area contributed by atoms with E-state index < -0.39 is 11.4 Å². The zero-order chi connectivity index (χ0) is 11.5. The molecule has 0 unspecified atom stereocenters. The fourth-order valence-corrected chi connectivity index (χ4v) is 1.56. The molecule has 0 saturated heterocycles. The lowest BCUT2D eigenvalue weighted by Gasteiger charge is -2.28. The Morgan fingerprint density at radius 1 is 1.20 bits per heavy atom. The van der Waals surface area contributed by atoms with Gasteiger partial charge in [-0.05, 0) is 12.8 Å². The predicted molar refractivity (Wildman–Crippen MR) is 55.8 cm³/mol. The van der Waals surface area contributed by atoms with E-state index in [4.69, 9.17) is 0 Å². The average molecular weight is 215 g/mol. The summed E-state index contributed by atoms with van der Waals surface area (Å²) >= 11 is 0. The second-order valence-corrected chi connectivity index (χ2v) is 3.81. The van der Waals surface area contributed by atoms with Crippen molar-refractivity contribution in [3.05, 3.63) is 21.0 Å². The molecule has 0 aliphatic carbocycles. The van der Waals surface area contributed by atoms with Crippen LogP contribution in [0.25, 0.3) is 0 Å². The molecule has 0 saturated carbocycles. The van der Waals surface area contributed by atoms with Crippen LogP contribution in [0, 0.1) is 5.41 Å². The summed E-state index contributed by atoms with van der Waals surface area (Å²) in [6.07, 6.45) is 1.44. The Balaban J connectivity index is 3.03. The van der Waals surface area contributed by atoms with Crippen LogP contribution in [0.2, 0.25) is 0 Å². The highest BCUT2D eigenvalue weighted by Crippen LogP contribution is 2.26. The van der Waals surface area contributed by atoms with E-state index in [9.17, 15) is 14.7 Å². The molecule has 0 aromatic carbocycles. The number of aliphatic hydroxyl groups is 1. The summed E-state index contributed by atoms with van der Waals surface area (Å²) < 4.78 is 1.09. The second-order valence-electron chi connectivity index (χ2n) is 3.81. The van der Waals surface area contributed by atoms with Crippen LogP contribution in [0.15, 0.2) is 9.59 Å². The van der Waals surface area contributed by atoms with Crippen molar-refractivity contribution in [2.24, 2.45) is 5.41 Å². The predicted octanol–water partition coefficient (Wildman–Crippen LogP) is -0.337. The quantitative estimate of drug-likeness (QED) is 0.627. The first-order valence-corrected chi connectivity index (χ1v) is 5.07. The Hall–Kier alpha value is -1.30. The topological polar surface area (TPSA) is 90.9 Å². The van der Waals surface area contributed by atoms with E-state index in [0.717, 1.165) is 17.4 Å². The van der Waals surface area contributed by atoms with Gasteiger partial charge in [-0.25, -0.2) is 24.4 Å². The van der Waals surface area contributed by atoms with Crippen molar-refractivity contribution in [2.75, 3.05) is 6.61 Å². The Morgan fingerprint density at radius 3 is 2.00 bits per heavy atom. The van der Waals surface area contributed by atoms with Crippen LogP contribution in [0.5, 0.6) is 0 Å². The van der Waals surface area contributed by atoms with Gasteiger partial charge in [-0.3, -0.25) is 0 Å². The van der Waals surface area contributed by atoms with Crippen molar-refractivity contribution in [3.8, 4) is 0 Å². The van der Waals surface area contributed by atoms with Crippen molar-refractivity contribution in [2.45, 2.75) is 33.2 Å². The number of aliphatic hydroxyl groups excluding tert-OH is 1. The molecule has 0 bridgehead atoms. The van der Waals surface area contributed by atoms with E-state index in [2.05, 4.69) is 10.2 Å². The van der Waals surface area contributed by atoms with Gasteiger partial charge in [0.1, 0.15) is 0 Å². The molecule has 1 heterocycles. The molecule has 1 aromatic heterocycles. The lowest BCUT2D eigenvalue weighted by atomic mass is 9.83. The molecule has 1 aromatic rings. The Labute approximate surface area is 86.9 Å². The summed E-state index contributed by atoms with van der Waals surface area (Å²) in [5.41, 5.74) is -1.31. The molecule has 0 radical (unpaired) electrons. The first-order valence-electron chi connectivity index (χ1n) is 5.07. The molecule has 6 nitrogen and oxygen atoms in total. The van der Waals surface area contributed by atoms with Crippen LogP contribution in [0.1, 0.15) is 26.7 Å². The molecule has 0 fully saturated rings. The van der Waals surface area contributed by atoms with Crippen molar-refractivity contribution < 1.29 is 5.11 Å². The molecule has 0 atom stereocenters. The van der Waals surface area contributed by atoms with Crippen LogP contribution < -0.4 is 11.4 Å². The number of nitrogens with one attached hydrogen (secondary N) is 2. The van der Waals surface area contributed by atoms with Gasteiger partial charge < -0.3 is 5.11 Å². The second kappa shape index (κ2) is 4.48. The van der Waals surface area contributed by atoms with Crippen molar-refractivity contribution in [1.82, 2.24) is 14.8 Å². The fourth-order valence-electron chi connectivity index (χ4n) is 1.56. The highest BCUT2D eigenvalue weighted by atomic mass is 16.3. The maximum atomic E-state index is 11.3. The van der Waals surface area contributed by atoms with E-state index in [1.54, 1.807) is 0 Å². The number of hydrogen-bond donors (Lipinski definition) is 3. The maximum Gasteiger partial charge on any atom is 0.344 e. The van der Waals surface area contributed by atoms with Crippen molar-refractivity contribution >= 4 is 0 Å². The van der Waals surface area contributed by atoms with Crippen LogP contribution in [0.3, 0.4) is 0 Å². The molecule has 6 heteroatoms. The maximum absolute atomic E-state index is 11.3. The lowest BCUT2D eigenvalue weighted by Crippen LogP contribution is -2.38. The third-order valence-corrected chi connectivity index (χ3v) is 3.10. The lowest BCUT2D eigenvalue weighted by molar-refractivity contribution is 0.0937. The first kappa shape index (κ1) is 11.8. The van der Waals surface area contributed by atoms with Crippen molar-refractivity contribution in [1.29, 1.82) is 0 Å². The Bertz CT molecular complexity index is 375. The van der Waals surface area contributed by atoms with Gasteiger partial charge in [0, 0.05) is 12.0 Å². The molecular formula is C9H17N3O3. The normalized spacial score (nSPS) is 11.9. The van der Waals surface area contributed by atoms with Gasteiger partial charge >= 0.3 is 11.4 Å². The van der Waals surface area contributed by atoms with Gasteiger partial charge in [-0.1, -0.05) is 13.8 Å². The SMILES string of the molecule is CCC(CC)(CO)Cn1c(=O)[nH][nH]c1=O. The summed E-state index contributed by atoms with van der Waals surface area (Å²) in [4.78, 5) is 22.5. The van der Waals surface area contributed by atoms with E-state index in [1.165, 1.54) is 0 Å². The van der Waals surface area contributed by atoms with Gasteiger partial charge in [0.2, 0.25) is 0 Å². The summed E-state index contributed by atoms with van der Waals surface area (Å²) in [6, 6.07) is 0. The molecule has 0 aliphatic heterocycles. The monoisotopic (exact) mass is 215 g/mol. The van der Waals surface area contributed by atoms with Crippen molar-refractivity contribution in [3.63, 3.8) is 0 Å². The largest absolute Gasteiger partial charge is 0.396 e. The summed E-state index contributed by atoms with van der Waals surface area (Å²) in [5, 5.41) is 13.8. The molecule has 0 spiro atoms. The number of hydrogen-bond acceptors (Lipinski definition) is 3. The number of aromatic amines is 2. The third-order valence-electron chi connectivity index (χ3n) is 3.10. The number of rotatable bonds is 5. The highest BCUT2D eigenvalue weighted by Gasteiger charge is 2.27. The molecule has 3 N–H and O–H groups in total. The highest BCUT2D eigenvalue weighted by molar-refractivity contribution is 4.79. The minimum atomic E-state index is -0.459. The first-order chi connectivity index (χ1) is 7.08. The molecule has 0 aliphatic rings. The standard InChI is InChI=1S/C9H17N3O3/c1-3-9(4-2,6-13)5-12-7(14)10-11-8(12)15/h13H,3-6H2,1-2H3,(H,10,14)(H,11,15). The number of nitrogens with zero attached hydrogens (tertiary/aromatic N) is 1. The molecule has 1 rings (SSSR count). The number of aromatic nitrogens is 3. The molecule has 15 heavy (non-hydrogen) atoms. The minimum Gasteiger partial charge on any atom is -0.396 e. The third kappa shape index (κ3) is 2.20. The summed E-state index contributed by atoms with van der Waals surface area (Å²) in [7, 11) is 0. The smallest absolute Gasteiger partial charge is 0.344 e. The van der Waals surface area contributed by atoms with E-state index in [1.807, 2.05) is 13.8 Å². The molecule has 0 amide bonds. The summed E-state index contributed by atoms with van der Waals surface area (Å²) in [5.74, 6) is 0. The van der Waals surface area contributed by atoms with E-state index >= 15 is 0 Å². The number of H-pyrrole nitrogens is 2. The van der Waals surface area contributed by atoms with Crippen LogP contribution >= 0.6 is 0 Å². The van der Waals surface area contributed by atoms with Crippen LogP contribution in [-0.2, 0) is 6.54 Å². The van der Waals surface area contributed by atoms with Gasteiger partial charge in [0.25, 0.3) is 0 Å². The van der Waals surface area contributed by atoms with E-state index in [0.29, 0.717) is 0 Å². The Kier molecular flexibility index (Phi) is 3.52. The minimum absolute atomic E-state index is 0.0307. The average Bonchev–Trinajstić information content (AvgIpc) is 2.57. The van der Waals surface area contributed by atoms with Gasteiger partial charge in [-0.15, -0.1) is 0 Å². The van der Waals surface area contributed by atoms with Gasteiger partial charge in [0.05, 0.1) is 6.61 Å². The zero-order valence-corrected chi connectivity index (χ0v) is 9.04. The van der Waals surface area contributed by atoms with E-state index in [-0.39, 0.29) is 18.6 Å². The van der Waals surface area contributed by atoms with Gasteiger partial charge in [0.15, 0.2) is 0 Å². The fraction of sp³-hybridized carbons (Fsp3) is 0.778. The van der Waals surface area contributed by atoms with Gasteiger partial charge in [-0.2, -0.15) is 0 Å². The van der Waals surface area contributed by atoms with Crippen LogP contribution in [-0.4, -0.2) is 26.5 Å². The summed E-state index contributed by atoms with van der Waals surface area (Å²) in [6.45, 7) is 4.09.